The van der Waals surface area contributed by atoms with Crippen LogP contribution in [0.5, 0.6) is 0 Å². The number of carbonyl (C=O) groups is 3. The Balaban J connectivity index is 2.48. The molecule has 1 aliphatic rings. The van der Waals surface area contributed by atoms with Crippen molar-refractivity contribution < 1.29 is 23.9 Å². The first-order valence-electron chi connectivity index (χ1n) is 7.28. The number of alkyl carbamates (subject to hydrolysis) is 1. The van der Waals surface area contributed by atoms with Gasteiger partial charge >= 0.3 is 12.1 Å². The van der Waals surface area contributed by atoms with Gasteiger partial charge in [0, 0.05) is 6.54 Å². The van der Waals surface area contributed by atoms with Crippen molar-refractivity contribution in [3.8, 4) is 0 Å². The molecule has 1 aliphatic heterocycles. The van der Waals surface area contributed by atoms with Crippen LogP contribution in [0.15, 0.2) is 12.7 Å². The number of rotatable bonds is 5. The number of likely N-dealkylation sites (tertiary alicyclic amines) is 1. The summed E-state index contributed by atoms with van der Waals surface area (Å²) >= 11 is 0. The van der Waals surface area contributed by atoms with Gasteiger partial charge in [0.2, 0.25) is 5.91 Å². The van der Waals surface area contributed by atoms with Gasteiger partial charge in [-0.15, -0.1) is 0 Å². The first-order valence-corrected chi connectivity index (χ1v) is 7.28. The third-order valence-electron chi connectivity index (χ3n) is 2.97. The molecule has 2 amide bonds. The van der Waals surface area contributed by atoms with Crippen LogP contribution in [0.25, 0.3) is 0 Å². The number of nitrogens with zero attached hydrogens (tertiary/aromatic N) is 1. The van der Waals surface area contributed by atoms with Crippen molar-refractivity contribution in [1.82, 2.24) is 10.2 Å². The monoisotopic (exact) mass is 312 g/mol. The number of nitrogens with one attached hydrogen (secondary N) is 1. The summed E-state index contributed by atoms with van der Waals surface area (Å²) in [6, 6.07) is -0.590. The van der Waals surface area contributed by atoms with Gasteiger partial charge in [-0.25, -0.2) is 9.59 Å². The second kappa shape index (κ2) is 7.82. The van der Waals surface area contributed by atoms with E-state index in [0.717, 1.165) is 6.42 Å². The van der Waals surface area contributed by atoms with Crippen LogP contribution < -0.4 is 5.32 Å². The third-order valence-corrected chi connectivity index (χ3v) is 2.97. The molecule has 7 nitrogen and oxygen atoms in total. The summed E-state index contributed by atoms with van der Waals surface area (Å²) in [6.45, 7) is 9.07. The Kier molecular flexibility index (Phi) is 6.39. The van der Waals surface area contributed by atoms with Crippen molar-refractivity contribution in [2.75, 3.05) is 19.7 Å². The molecule has 0 spiro atoms. The average Bonchev–Trinajstić information content (AvgIpc) is 2.89. The maximum absolute atomic E-state index is 12.1. The minimum Gasteiger partial charge on any atom is -0.460 e. The highest BCUT2D eigenvalue weighted by Crippen LogP contribution is 2.18. The lowest BCUT2D eigenvalue weighted by molar-refractivity contribution is -0.152. The number of esters is 1. The van der Waals surface area contributed by atoms with E-state index in [1.165, 1.54) is 11.0 Å². The van der Waals surface area contributed by atoms with E-state index in [9.17, 15) is 14.4 Å². The van der Waals surface area contributed by atoms with Gasteiger partial charge in [-0.1, -0.05) is 12.7 Å². The maximum Gasteiger partial charge on any atom is 0.408 e. The molecule has 1 heterocycles. The lowest BCUT2D eigenvalue weighted by Crippen LogP contribution is -2.46. The van der Waals surface area contributed by atoms with E-state index in [4.69, 9.17) is 9.47 Å². The number of amides is 2. The number of hydrogen-bond donors (Lipinski definition) is 1. The normalized spacial score (nSPS) is 17.8. The average molecular weight is 312 g/mol. The van der Waals surface area contributed by atoms with E-state index in [2.05, 4.69) is 11.9 Å². The summed E-state index contributed by atoms with van der Waals surface area (Å²) in [5.74, 6) is -0.771. The first kappa shape index (κ1) is 18.0. The molecular formula is C15H24N2O5. The summed E-state index contributed by atoms with van der Waals surface area (Å²) in [7, 11) is 0. The number of hydrogen-bond acceptors (Lipinski definition) is 5. The van der Waals surface area contributed by atoms with Gasteiger partial charge in [-0.05, 0) is 33.6 Å². The Morgan fingerprint density at radius 3 is 2.64 bits per heavy atom. The van der Waals surface area contributed by atoms with Gasteiger partial charge in [0.15, 0.2) is 0 Å². The minimum absolute atomic E-state index is 0.119. The molecule has 1 saturated heterocycles. The topological polar surface area (TPSA) is 84.9 Å². The Morgan fingerprint density at radius 2 is 2.05 bits per heavy atom. The van der Waals surface area contributed by atoms with Crippen LogP contribution in [-0.2, 0) is 19.1 Å². The van der Waals surface area contributed by atoms with Crippen molar-refractivity contribution in [3.05, 3.63) is 12.7 Å². The molecule has 0 bridgehead atoms. The summed E-state index contributed by atoms with van der Waals surface area (Å²) in [6.07, 6.45) is 2.11. The van der Waals surface area contributed by atoms with Crippen molar-refractivity contribution in [2.45, 2.75) is 45.3 Å². The van der Waals surface area contributed by atoms with Crippen LogP contribution in [0, 0.1) is 0 Å². The van der Waals surface area contributed by atoms with Crippen LogP contribution in [-0.4, -0.2) is 54.2 Å². The molecule has 1 N–H and O–H groups in total. The predicted molar refractivity (Wildman–Crippen MR) is 80.1 cm³/mol. The number of carbonyl (C=O) groups excluding carboxylic acids is 3. The fourth-order valence-electron chi connectivity index (χ4n) is 2.11. The van der Waals surface area contributed by atoms with Gasteiger partial charge in [0.1, 0.15) is 24.8 Å². The maximum atomic E-state index is 12.1. The third kappa shape index (κ3) is 5.75. The minimum atomic E-state index is -0.661. The molecule has 0 radical (unpaired) electrons. The molecule has 1 atom stereocenters. The van der Waals surface area contributed by atoms with E-state index in [-0.39, 0.29) is 19.1 Å². The molecule has 0 aromatic heterocycles. The van der Waals surface area contributed by atoms with E-state index in [1.54, 1.807) is 20.8 Å². The molecular weight excluding hydrogens is 288 g/mol. The molecule has 1 fully saturated rings. The van der Waals surface area contributed by atoms with Crippen LogP contribution >= 0.6 is 0 Å². The van der Waals surface area contributed by atoms with Gasteiger partial charge in [0.25, 0.3) is 0 Å². The van der Waals surface area contributed by atoms with Crippen molar-refractivity contribution in [3.63, 3.8) is 0 Å². The Bertz CT molecular complexity index is 442. The van der Waals surface area contributed by atoms with Crippen molar-refractivity contribution >= 4 is 18.0 Å². The summed E-state index contributed by atoms with van der Waals surface area (Å²) in [5, 5.41) is 2.40. The van der Waals surface area contributed by atoms with Gasteiger partial charge in [-0.3, -0.25) is 4.79 Å². The summed E-state index contributed by atoms with van der Waals surface area (Å²) in [4.78, 5) is 37.0. The lowest BCUT2D eigenvalue weighted by Gasteiger charge is -2.24. The first-order chi connectivity index (χ1) is 10.2. The standard InChI is InChI=1S/C15H24N2O5/c1-5-9-21-13(19)11-7-6-8-17(11)12(18)10-16-14(20)22-15(2,3)4/h5,11H,1,6-10H2,2-4H3,(H,16,20)/t11-/m0/s1. The summed E-state index contributed by atoms with van der Waals surface area (Å²) < 4.78 is 10.0. The van der Waals surface area contributed by atoms with Crippen LogP contribution in [0.3, 0.4) is 0 Å². The number of ether oxygens (including phenoxy) is 2. The van der Waals surface area contributed by atoms with E-state index in [0.29, 0.717) is 13.0 Å². The largest absolute Gasteiger partial charge is 0.460 e. The van der Waals surface area contributed by atoms with E-state index >= 15 is 0 Å². The predicted octanol–water partition coefficient (Wildman–Crippen LogP) is 1.23. The van der Waals surface area contributed by atoms with Gasteiger partial charge in [0.05, 0.1) is 0 Å². The van der Waals surface area contributed by atoms with E-state index in [1.807, 2.05) is 0 Å². The highest BCUT2D eigenvalue weighted by molar-refractivity contribution is 5.87. The fraction of sp³-hybridized carbons (Fsp3) is 0.667. The molecule has 0 aromatic rings. The van der Waals surface area contributed by atoms with Crippen LogP contribution in [0.2, 0.25) is 0 Å². The Labute approximate surface area is 130 Å². The van der Waals surface area contributed by atoms with Crippen molar-refractivity contribution in [2.24, 2.45) is 0 Å². The van der Waals surface area contributed by atoms with Gasteiger partial charge < -0.3 is 19.7 Å². The van der Waals surface area contributed by atoms with E-state index < -0.39 is 23.7 Å². The second-order valence-electron chi connectivity index (χ2n) is 6.02. The lowest BCUT2D eigenvalue weighted by atomic mass is 10.2. The molecule has 7 heteroatoms. The van der Waals surface area contributed by atoms with Gasteiger partial charge in [-0.2, -0.15) is 0 Å². The zero-order chi connectivity index (χ0) is 16.8. The SMILES string of the molecule is C=CCOC(=O)[C@@H]1CCCN1C(=O)CNC(=O)OC(C)(C)C. The molecule has 0 saturated carbocycles. The highest BCUT2D eigenvalue weighted by atomic mass is 16.6. The van der Waals surface area contributed by atoms with Crippen LogP contribution in [0.1, 0.15) is 33.6 Å². The molecule has 0 unspecified atom stereocenters. The molecule has 0 aromatic carbocycles. The molecule has 124 valence electrons. The molecule has 0 aliphatic carbocycles. The smallest absolute Gasteiger partial charge is 0.408 e. The fourth-order valence-corrected chi connectivity index (χ4v) is 2.11. The zero-order valence-electron chi connectivity index (χ0n) is 13.4. The molecule has 22 heavy (non-hydrogen) atoms. The highest BCUT2D eigenvalue weighted by Gasteiger charge is 2.35. The molecule has 1 rings (SSSR count). The Hall–Kier alpha value is -2.05. The summed E-state index contributed by atoms with van der Waals surface area (Å²) in [5.41, 5.74) is -0.627. The zero-order valence-corrected chi connectivity index (χ0v) is 13.4. The quantitative estimate of drug-likeness (QED) is 0.609. The second-order valence-corrected chi connectivity index (χ2v) is 6.02. The Morgan fingerprint density at radius 1 is 1.36 bits per heavy atom. The van der Waals surface area contributed by atoms with Crippen LogP contribution in [0.4, 0.5) is 4.79 Å². The van der Waals surface area contributed by atoms with Crippen molar-refractivity contribution in [1.29, 1.82) is 0 Å².